The molecule has 1 N–H and O–H groups in total. The van der Waals surface area contributed by atoms with Gasteiger partial charge in [0.1, 0.15) is 6.33 Å². The van der Waals surface area contributed by atoms with Gasteiger partial charge in [0.15, 0.2) is 0 Å². The maximum atomic E-state index is 3.31. The second-order valence-electron chi connectivity index (χ2n) is 2.41. The maximum absolute atomic E-state index is 3.31. The fraction of sp³-hybridized carbons (Fsp3) is 0.857. The Labute approximate surface area is 75.7 Å². The number of unbranched alkanes of at least 4 members (excludes halogenated alkanes) is 3. The summed E-state index contributed by atoms with van der Waals surface area (Å²) in [5.41, 5.74) is 0. The lowest BCUT2D eigenvalue weighted by Gasteiger charge is -1.90. The SMILES string of the molecule is CCCCCCP.c1nnn[nH]1. The third kappa shape index (κ3) is 9.50. The van der Waals surface area contributed by atoms with Crippen molar-refractivity contribution in [3.05, 3.63) is 6.33 Å². The molecule has 4 nitrogen and oxygen atoms in total. The van der Waals surface area contributed by atoms with Gasteiger partial charge in [-0.15, -0.1) is 14.3 Å². The van der Waals surface area contributed by atoms with Crippen LogP contribution in [-0.4, -0.2) is 26.8 Å². The van der Waals surface area contributed by atoms with E-state index in [4.69, 9.17) is 0 Å². The average Bonchev–Trinajstić information content (AvgIpc) is 2.62. The molecule has 70 valence electrons. The minimum atomic E-state index is 1.28. The van der Waals surface area contributed by atoms with E-state index in [-0.39, 0.29) is 0 Å². The van der Waals surface area contributed by atoms with Gasteiger partial charge < -0.3 is 0 Å². The van der Waals surface area contributed by atoms with Gasteiger partial charge in [0, 0.05) is 0 Å². The molecule has 0 aliphatic heterocycles. The topological polar surface area (TPSA) is 54.5 Å². The Bertz CT molecular complexity index is 122. The van der Waals surface area contributed by atoms with Crippen LogP contribution < -0.4 is 0 Å². The van der Waals surface area contributed by atoms with Crippen molar-refractivity contribution < 1.29 is 0 Å². The van der Waals surface area contributed by atoms with Crippen LogP contribution in [0.4, 0.5) is 0 Å². The molecule has 1 heterocycles. The molecule has 5 heteroatoms. The molecule has 0 aliphatic carbocycles. The lowest BCUT2D eigenvalue weighted by molar-refractivity contribution is 0.706. The van der Waals surface area contributed by atoms with Crippen LogP contribution in [0.15, 0.2) is 6.33 Å². The van der Waals surface area contributed by atoms with E-state index in [1.54, 1.807) is 0 Å². The zero-order chi connectivity index (χ0) is 9.07. The van der Waals surface area contributed by atoms with Gasteiger partial charge in [0.2, 0.25) is 0 Å². The Hall–Kier alpha value is -0.500. The van der Waals surface area contributed by atoms with Crippen LogP contribution in [0.25, 0.3) is 0 Å². The van der Waals surface area contributed by atoms with Crippen LogP contribution in [0, 0.1) is 0 Å². The highest BCUT2D eigenvalue weighted by Gasteiger charge is 1.80. The summed E-state index contributed by atoms with van der Waals surface area (Å²) < 4.78 is 0. The Morgan fingerprint density at radius 3 is 2.50 bits per heavy atom. The fourth-order valence-corrected chi connectivity index (χ4v) is 0.989. The summed E-state index contributed by atoms with van der Waals surface area (Å²) >= 11 is 0. The predicted octanol–water partition coefficient (Wildman–Crippen LogP) is 1.64. The molecule has 0 spiro atoms. The van der Waals surface area contributed by atoms with Crippen LogP contribution in [0.1, 0.15) is 32.6 Å². The maximum Gasteiger partial charge on any atom is 0.135 e. The van der Waals surface area contributed by atoms with Crippen LogP contribution in [0.3, 0.4) is 0 Å². The number of rotatable bonds is 4. The normalized spacial score (nSPS) is 8.83. The highest BCUT2D eigenvalue weighted by atomic mass is 31.0. The first-order chi connectivity index (χ1) is 5.91. The van der Waals surface area contributed by atoms with E-state index in [9.17, 15) is 0 Å². The van der Waals surface area contributed by atoms with Crippen molar-refractivity contribution in [1.29, 1.82) is 0 Å². The number of aromatic amines is 1. The van der Waals surface area contributed by atoms with E-state index in [0.29, 0.717) is 0 Å². The Morgan fingerprint density at radius 2 is 2.17 bits per heavy atom. The summed E-state index contributed by atoms with van der Waals surface area (Å²) in [4.78, 5) is 0. The highest BCUT2D eigenvalue weighted by Crippen LogP contribution is 2.00. The van der Waals surface area contributed by atoms with Crippen molar-refractivity contribution in [3.8, 4) is 0 Å². The largest absolute Gasteiger partial charge is 0.246 e. The van der Waals surface area contributed by atoms with Gasteiger partial charge in [-0.3, -0.25) is 0 Å². The van der Waals surface area contributed by atoms with E-state index in [2.05, 4.69) is 36.8 Å². The first kappa shape index (κ1) is 11.5. The third-order valence-electron chi connectivity index (χ3n) is 1.33. The van der Waals surface area contributed by atoms with Gasteiger partial charge in [-0.1, -0.05) is 26.2 Å². The van der Waals surface area contributed by atoms with Gasteiger partial charge in [-0.2, -0.15) is 0 Å². The summed E-state index contributed by atoms with van der Waals surface area (Å²) in [5, 5.41) is 12.1. The molecule has 1 aromatic heterocycles. The molecule has 0 bridgehead atoms. The molecule has 0 saturated carbocycles. The van der Waals surface area contributed by atoms with Crippen molar-refractivity contribution in [3.63, 3.8) is 0 Å². The van der Waals surface area contributed by atoms with Crippen molar-refractivity contribution in [2.75, 3.05) is 6.16 Å². The van der Waals surface area contributed by atoms with E-state index in [1.807, 2.05) is 0 Å². The van der Waals surface area contributed by atoms with Gasteiger partial charge in [0.25, 0.3) is 0 Å². The Balaban J connectivity index is 0.000000211. The quantitative estimate of drug-likeness (QED) is 0.577. The predicted molar refractivity (Wildman–Crippen MR) is 52.9 cm³/mol. The zero-order valence-electron chi connectivity index (χ0n) is 7.53. The summed E-state index contributed by atoms with van der Waals surface area (Å²) in [5.74, 6) is 0. The molecule has 0 fully saturated rings. The summed E-state index contributed by atoms with van der Waals surface area (Å²) in [7, 11) is 2.75. The number of tetrazole rings is 1. The molecule has 12 heavy (non-hydrogen) atoms. The highest BCUT2D eigenvalue weighted by molar-refractivity contribution is 7.16. The van der Waals surface area contributed by atoms with Crippen LogP contribution in [0.2, 0.25) is 0 Å². The van der Waals surface area contributed by atoms with Crippen molar-refractivity contribution in [2.24, 2.45) is 0 Å². The average molecular weight is 188 g/mol. The number of H-pyrrole nitrogens is 1. The van der Waals surface area contributed by atoms with E-state index >= 15 is 0 Å². The first-order valence-electron chi connectivity index (χ1n) is 4.29. The molecular formula is C7H17N4P. The lowest BCUT2D eigenvalue weighted by Crippen LogP contribution is -1.73. The summed E-state index contributed by atoms with van der Waals surface area (Å²) in [6.07, 6.45) is 8.25. The second kappa shape index (κ2) is 10.5. The van der Waals surface area contributed by atoms with E-state index in [1.165, 1.54) is 38.2 Å². The van der Waals surface area contributed by atoms with Crippen molar-refractivity contribution in [2.45, 2.75) is 32.6 Å². The molecular weight excluding hydrogens is 171 g/mol. The van der Waals surface area contributed by atoms with Crippen LogP contribution >= 0.6 is 9.24 Å². The molecule has 0 radical (unpaired) electrons. The smallest absolute Gasteiger partial charge is 0.135 e. The minimum Gasteiger partial charge on any atom is -0.246 e. The van der Waals surface area contributed by atoms with Gasteiger partial charge in [0.05, 0.1) is 0 Å². The molecule has 0 aliphatic rings. The second-order valence-corrected chi connectivity index (χ2v) is 2.99. The lowest BCUT2D eigenvalue weighted by atomic mass is 10.2. The van der Waals surface area contributed by atoms with Crippen LogP contribution in [-0.2, 0) is 0 Å². The molecule has 1 atom stereocenters. The van der Waals surface area contributed by atoms with Gasteiger partial charge in [-0.25, -0.2) is 5.10 Å². The van der Waals surface area contributed by atoms with Gasteiger partial charge >= 0.3 is 0 Å². The molecule has 0 amide bonds. The number of nitrogens with zero attached hydrogens (tertiary/aromatic N) is 3. The third-order valence-corrected chi connectivity index (χ3v) is 1.74. The van der Waals surface area contributed by atoms with E-state index < -0.39 is 0 Å². The molecule has 1 rings (SSSR count). The van der Waals surface area contributed by atoms with Crippen LogP contribution in [0.5, 0.6) is 0 Å². The van der Waals surface area contributed by atoms with Gasteiger partial charge in [-0.05, 0) is 23.0 Å². The summed E-state index contributed by atoms with van der Waals surface area (Å²) in [6, 6.07) is 0. The number of nitrogens with one attached hydrogen (secondary N) is 1. The van der Waals surface area contributed by atoms with Crippen molar-refractivity contribution in [1.82, 2.24) is 20.6 Å². The first-order valence-corrected chi connectivity index (χ1v) is 5.10. The Morgan fingerprint density at radius 1 is 1.33 bits per heavy atom. The summed E-state index contributed by atoms with van der Waals surface area (Å²) in [6.45, 7) is 2.24. The number of hydrogen-bond donors (Lipinski definition) is 1. The molecule has 1 aromatic rings. The monoisotopic (exact) mass is 188 g/mol. The fourth-order valence-electron chi connectivity index (χ4n) is 0.700. The molecule has 0 aromatic carbocycles. The van der Waals surface area contributed by atoms with Crippen molar-refractivity contribution >= 4 is 9.24 Å². The molecule has 0 saturated heterocycles. The number of aromatic nitrogens is 4. The standard InChI is InChI=1S/C6H15P.CH2N4/c1-2-3-4-5-6-7;1-2-4-5-3-1/h2-7H2,1H3;1H,(H,2,3,4,5). The molecule has 1 unspecified atom stereocenters. The van der Waals surface area contributed by atoms with E-state index in [0.717, 1.165) is 0 Å². The zero-order valence-corrected chi connectivity index (χ0v) is 8.69. The minimum absolute atomic E-state index is 1.28. The number of hydrogen-bond acceptors (Lipinski definition) is 3. The Kier molecular flexibility index (Phi) is 10.1.